The van der Waals surface area contributed by atoms with Crippen molar-refractivity contribution in [3.8, 4) is 0 Å². The predicted octanol–water partition coefficient (Wildman–Crippen LogP) is 2.23. The number of carbonyl (C=O) groups excluding carboxylic acids is 1. The number of carbonyl (C=O) groups is 2. The highest BCUT2D eigenvalue weighted by molar-refractivity contribution is 8.00. The normalized spacial score (nSPS) is 21.4. The van der Waals surface area contributed by atoms with Crippen molar-refractivity contribution in [1.29, 1.82) is 0 Å². The standard InChI is InChI=1S/C14H17FN2O3S/c1-9-17(12(8-21-9)13(18)19)14(20)16(2)7-10-3-5-11(15)6-4-10/h3-6,9,12H,7-8H2,1-2H3,(H,18,19). The number of halogens is 1. The maximum Gasteiger partial charge on any atom is 0.327 e. The van der Waals surface area contributed by atoms with E-state index in [4.69, 9.17) is 0 Å². The monoisotopic (exact) mass is 312 g/mol. The Morgan fingerprint density at radius 2 is 2.05 bits per heavy atom. The molecule has 0 radical (unpaired) electrons. The van der Waals surface area contributed by atoms with Gasteiger partial charge in [-0.3, -0.25) is 4.90 Å². The molecule has 0 bridgehead atoms. The molecule has 5 nitrogen and oxygen atoms in total. The van der Waals surface area contributed by atoms with Gasteiger partial charge >= 0.3 is 12.0 Å². The summed E-state index contributed by atoms with van der Waals surface area (Å²) in [6.07, 6.45) is 0. The van der Waals surface area contributed by atoms with Crippen molar-refractivity contribution in [2.45, 2.75) is 24.9 Å². The maximum absolute atomic E-state index is 12.9. The van der Waals surface area contributed by atoms with E-state index < -0.39 is 12.0 Å². The Balaban J connectivity index is 2.07. The van der Waals surface area contributed by atoms with Crippen molar-refractivity contribution in [1.82, 2.24) is 9.80 Å². The molecular weight excluding hydrogens is 295 g/mol. The van der Waals surface area contributed by atoms with E-state index in [1.807, 2.05) is 6.92 Å². The minimum absolute atomic E-state index is 0.172. The number of amides is 2. The predicted molar refractivity (Wildman–Crippen MR) is 78.4 cm³/mol. The molecule has 0 spiro atoms. The summed E-state index contributed by atoms with van der Waals surface area (Å²) >= 11 is 1.44. The highest BCUT2D eigenvalue weighted by atomic mass is 32.2. The minimum atomic E-state index is -0.990. The molecule has 1 aliphatic heterocycles. The summed E-state index contributed by atoms with van der Waals surface area (Å²) in [7, 11) is 1.61. The molecule has 114 valence electrons. The Kier molecular flexibility index (Phi) is 4.72. The third kappa shape index (κ3) is 3.47. The lowest BCUT2D eigenvalue weighted by atomic mass is 10.2. The van der Waals surface area contributed by atoms with Gasteiger partial charge in [0.15, 0.2) is 0 Å². The molecule has 7 heteroatoms. The molecule has 1 saturated heterocycles. The number of benzene rings is 1. The van der Waals surface area contributed by atoms with Gasteiger partial charge < -0.3 is 10.0 Å². The molecule has 1 N–H and O–H groups in total. The summed E-state index contributed by atoms with van der Waals surface area (Å²) < 4.78 is 12.9. The second-order valence-corrected chi connectivity index (χ2v) is 6.31. The van der Waals surface area contributed by atoms with E-state index in [2.05, 4.69) is 0 Å². The van der Waals surface area contributed by atoms with Crippen molar-refractivity contribution in [2.24, 2.45) is 0 Å². The third-order valence-electron chi connectivity index (χ3n) is 3.39. The summed E-state index contributed by atoms with van der Waals surface area (Å²) in [5.74, 6) is -0.925. The van der Waals surface area contributed by atoms with Gasteiger partial charge in [-0.15, -0.1) is 11.8 Å². The largest absolute Gasteiger partial charge is 0.480 e. The fourth-order valence-corrected chi connectivity index (χ4v) is 3.41. The molecule has 0 aliphatic carbocycles. The Hall–Kier alpha value is -1.76. The molecule has 2 atom stereocenters. The Morgan fingerprint density at radius 3 is 2.62 bits per heavy atom. The zero-order valence-corrected chi connectivity index (χ0v) is 12.6. The fourth-order valence-electron chi connectivity index (χ4n) is 2.25. The highest BCUT2D eigenvalue weighted by Gasteiger charge is 2.40. The number of carboxylic acids is 1. The van der Waals surface area contributed by atoms with Crippen LogP contribution >= 0.6 is 11.8 Å². The molecule has 1 aromatic carbocycles. The first-order valence-corrected chi connectivity index (χ1v) is 7.57. The van der Waals surface area contributed by atoms with Crippen LogP contribution in [-0.2, 0) is 11.3 Å². The van der Waals surface area contributed by atoms with E-state index >= 15 is 0 Å². The summed E-state index contributed by atoms with van der Waals surface area (Å²) in [5.41, 5.74) is 0.790. The molecule has 2 amide bonds. The number of nitrogens with zero attached hydrogens (tertiary/aromatic N) is 2. The Labute approximate surface area is 126 Å². The van der Waals surface area contributed by atoms with E-state index in [1.54, 1.807) is 19.2 Å². The highest BCUT2D eigenvalue weighted by Crippen LogP contribution is 2.29. The molecule has 1 aliphatic rings. The smallest absolute Gasteiger partial charge is 0.327 e. The minimum Gasteiger partial charge on any atom is -0.480 e. The number of hydrogen-bond donors (Lipinski definition) is 1. The van der Waals surface area contributed by atoms with Crippen LogP contribution in [0.25, 0.3) is 0 Å². The van der Waals surface area contributed by atoms with Crippen LogP contribution in [0.5, 0.6) is 0 Å². The Bertz CT molecular complexity index is 538. The first-order valence-electron chi connectivity index (χ1n) is 6.52. The van der Waals surface area contributed by atoms with Crippen molar-refractivity contribution < 1.29 is 19.1 Å². The van der Waals surface area contributed by atoms with Crippen LogP contribution in [0, 0.1) is 5.82 Å². The van der Waals surface area contributed by atoms with Crippen LogP contribution in [0.4, 0.5) is 9.18 Å². The molecule has 0 saturated carbocycles. The van der Waals surface area contributed by atoms with Gasteiger partial charge in [0, 0.05) is 19.3 Å². The number of carboxylic acid groups (broad SMARTS) is 1. The molecule has 21 heavy (non-hydrogen) atoms. The van der Waals surface area contributed by atoms with Crippen LogP contribution in [0.2, 0.25) is 0 Å². The van der Waals surface area contributed by atoms with Gasteiger partial charge in [-0.05, 0) is 24.6 Å². The molecule has 1 fully saturated rings. The van der Waals surface area contributed by atoms with Crippen molar-refractivity contribution in [2.75, 3.05) is 12.8 Å². The lowest BCUT2D eigenvalue weighted by molar-refractivity contribution is -0.141. The third-order valence-corrected chi connectivity index (χ3v) is 4.61. The molecule has 0 aromatic heterocycles. The molecule has 1 heterocycles. The molecule has 2 unspecified atom stereocenters. The van der Waals surface area contributed by atoms with Crippen LogP contribution in [0.1, 0.15) is 12.5 Å². The number of rotatable bonds is 3. The number of urea groups is 1. The SMILES string of the molecule is CC1SCC(C(=O)O)N1C(=O)N(C)Cc1ccc(F)cc1. The van der Waals surface area contributed by atoms with Crippen LogP contribution in [-0.4, -0.2) is 51.1 Å². The van der Waals surface area contributed by atoms with E-state index in [0.29, 0.717) is 12.3 Å². The second kappa shape index (κ2) is 6.34. The van der Waals surface area contributed by atoms with E-state index in [1.165, 1.54) is 33.7 Å². The summed E-state index contributed by atoms with van der Waals surface area (Å²) in [6.45, 7) is 2.12. The number of hydrogen-bond acceptors (Lipinski definition) is 3. The lowest BCUT2D eigenvalue weighted by Crippen LogP contribution is -2.49. The van der Waals surface area contributed by atoms with E-state index in [0.717, 1.165) is 5.56 Å². The lowest BCUT2D eigenvalue weighted by Gasteiger charge is -2.30. The average Bonchev–Trinajstić information content (AvgIpc) is 2.82. The van der Waals surface area contributed by atoms with Crippen molar-refractivity contribution in [3.63, 3.8) is 0 Å². The molecule has 1 aromatic rings. The maximum atomic E-state index is 12.9. The van der Waals surface area contributed by atoms with Crippen molar-refractivity contribution in [3.05, 3.63) is 35.6 Å². The van der Waals surface area contributed by atoms with Gasteiger partial charge in [0.05, 0.1) is 5.37 Å². The molecule has 2 rings (SSSR count). The second-order valence-electron chi connectivity index (χ2n) is 4.96. The van der Waals surface area contributed by atoms with Gasteiger partial charge in [0.25, 0.3) is 0 Å². The average molecular weight is 312 g/mol. The summed E-state index contributed by atoms with van der Waals surface area (Å²) in [6, 6.07) is 4.76. The van der Waals surface area contributed by atoms with Gasteiger partial charge in [0.1, 0.15) is 11.9 Å². The first kappa shape index (κ1) is 15.6. The van der Waals surface area contributed by atoms with Crippen LogP contribution < -0.4 is 0 Å². The zero-order chi connectivity index (χ0) is 15.6. The van der Waals surface area contributed by atoms with E-state index in [-0.39, 0.29) is 17.2 Å². The van der Waals surface area contributed by atoms with Gasteiger partial charge in [-0.1, -0.05) is 12.1 Å². The van der Waals surface area contributed by atoms with E-state index in [9.17, 15) is 19.1 Å². The summed E-state index contributed by atoms with van der Waals surface area (Å²) in [5, 5.41) is 9.01. The topological polar surface area (TPSA) is 60.9 Å². The van der Waals surface area contributed by atoms with Gasteiger partial charge in [0.2, 0.25) is 0 Å². The fraction of sp³-hybridized carbons (Fsp3) is 0.429. The van der Waals surface area contributed by atoms with Gasteiger partial charge in [-0.2, -0.15) is 0 Å². The molecular formula is C14H17FN2O3S. The van der Waals surface area contributed by atoms with Crippen molar-refractivity contribution >= 4 is 23.8 Å². The number of thioether (sulfide) groups is 1. The van der Waals surface area contributed by atoms with Gasteiger partial charge in [-0.25, -0.2) is 14.0 Å². The van der Waals surface area contributed by atoms with Crippen LogP contribution in [0.3, 0.4) is 0 Å². The van der Waals surface area contributed by atoms with Crippen LogP contribution in [0.15, 0.2) is 24.3 Å². The Morgan fingerprint density at radius 1 is 1.43 bits per heavy atom. The first-order chi connectivity index (χ1) is 9.90. The quantitative estimate of drug-likeness (QED) is 0.930. The summed E-state index contributed by atoms with van der Waals surface area (Å²) in [4.78, 5) is 26.5. The zero-order valence-electron chi connectivity index (χ0n) is 11.8. The number of aliphatic carboxylic acids is 1.